The quantitative estimate of drug-likeness (QED) is 0.381. The SMILES string of the molecule is CCCCCCC[C@@H]1OC(C)(C)O[C@H]1CC#CC#CC(=O)CC. The highest BCUT2D eigenvalue weighted by molar-refractivity contribution is 5.95. The molecule has 1 heterocycles. The molecule has 0 aromatic heterocycles. The molecule has 0 amide bonds. The Hall–Kier alpha value is -1.29. The number of rotatable bonds is 8. The smallest absolute Gasteiger partial charge is 0.206 e. The summed E-state index contributed by atoms with van der Waals surface area (Å²) in [6.45, 7) is 7.91. The molecule has 1 aliphatic heterocycles. The molecule has 1 aliphatic rings. The van der Waals surface area contributed by atoms with Gasteiger partial charge in [0.1, 0.15) is 0 Å². The Morgan fingerprint density at radius 1 is 1.00 bits per heavy atom. The maximum atomic E-state index is 11.1. The van der Waals surface area contributed by atoms with E-state index in [2.05, 4.69) is 30.6 Å². The number of carbonyl (C=O) groups is 1. The molecule has 0 N–H and O–H groups in total. The largest absolute Gasteiger partial charge is 0.345 e. The normalized spacial score (nSPS) is 21.9. The third kappa shape index (κ3) is 8.21. The zero-order valence-corrected chi connectivity index (χ0v) is 15.0. The molecule has 128 valence electrons. The van der Waals surface area contributed by atoms with Crippen LogP contribution in [0, 0.1) is 23.7 Å². The van der Waals surface area contributed by atoms with Crippen LogP contribution in [-0.4, -0.2) is 23.8 Å². The van der Waals surface area contributed by atoms with Gasteiger partial charge in [0, 0.05) is 12.8 Å². The van der Waals surface area contributed by atoms with Gasteiger partial charge in [-0.15, -0.1) is 0 Å². The van der Waals surface area contributed by atoms with Crippen molar-refractivity contribution in [2.45, 2.75) is 97.1 Å². The lowest BCUT2D eigenvalue weighted by Crippen LogP contribution is -2.21. The van der Waals surface area contributed by atoms with E-state index in [1.807, 2.05) is 13.8 Å². The lowest BCUT2D eigenvalue weighted by molar-refractivity contribution is -0.146. The predicted octanol–water partition coefficient (Wildman–Crippen LogP) is 4.24. The topological polar surface area (TPSA) is 35.5 Å². The molecule has 1 rings (SSSR count). The first-order valence-electron chi connectivity index (χ1n) is 8.85. The third-order valence-corrected chi connectivity index (χ3v) is 3.85. The summed E-state index contributed by atoms with van der Waals surface area (Å²) in [4.78, 5) is 11.1. The van der Waals surface area contributed by atoms with E-state index in [-0.39, 0.29) is 18.0 Å². The molecule has 1 saturated heterocycles. The van der Waals surface area contributed by atoms with Gasteiger partial charge in [-0.25, -0.2) is 0 Å². The molecule has 0 radical (unpaired) electrons. The van der Waals surface area contributed by atoms with Gasteiger partial charge in [-0.2, -0.15) is 0 Å². The third-order valence-electron chi connectivity index (χ3n) is 3.85. The Balaban J connectivity index is 2.44. The van der Waals surface area contributed by atoms with Crippen molar-refractivity contribution in [2.24, 2.45) is 0 Å². The summed E-state index contributed by atoms with van der Waals surface area (Å²) in [5.74, 6) is 10.2. The van der Waals surface area contributed by atoms with E-state index in [1.165, 1.54) is 32.1 Å². The van der Waals surface area contributed by atoms with Crippen LogP contribution in [0.3, 0.4) is 0 Å². The van der Waals surface area contributed by atoms with Crippen LogP contribution in [0.25, 0.3) is 0 Å². The van der Waals surface area contributed by atoms with E-state index in [1.54, 1.807) is 6.92 Å². The van der Waals surface area contributed by atoms with Crippen LogP contribution in [0.5, 0.6) is 0 Å². The molecule has 0 aromatic carbocycles. The molecule has 1 fully saturated rings. The molecule has 0 aliphatic carbocycles. The van der Waals surface area contributed by atoms with E-state index >= 15 is 0 Å². The molecule has 23 heavy (non-hydrogen) atoms. The highest BCUT2D eigenvalue weighted by atomic mass is 16.7. The van der Waals surface area contributed by atoms with Crippen molar-refractivity contribution in [1.82, 2.24) is 0 Å². The van der Waals surface area contributed by atoms with Crippen LogP contribution in [0.4, 0.5) is 0 Å². The van der Waals surface area contributed by atoms with Gasteiger partial charge in [0.2, 0.25) is 5.78 Å². The first kappa shape index (κ1) is 19.8. The van der Waals surface area contributed by atoms with Crippen molar-refractivity contribution >= 4 is 5.78 Å². The lowest BCUT2D eigenvalue weighted by atomic mass is 10.0. The summed E-state index contributed by atoms with van der Waals surface area (Å²) >= 11 is 0. The van der Waals surface area contributed by atoms with E-state index in [9.17, 15) is 4.79 Å². The Bertz CT molecular complexity index is 484. The van der Waals surface area contributed by atoms with Crippen molar-refractivity contribution in [3.05, 3.63) is 0 Å². The average Bonchev–Trinajstić information content (AvgIpc) is 2.80. The van der Waals surface area contributed by atoms with Crippen molar-refractivity contribution in [1.29, 1.82) is 0 Å². The van der Waals surface area contributed by atoms with Gasteiger partial charge in [0.05, 0.1) is 12.2 Å². The second kappa shape index (κ2) is 10.5. The fourth-order valence-electron chi connectivity index (χ4n) is 2.66. The Labute approximate surface area is 141 Å². The number of Topliss-reactive ketones (excluding diaryl/α,β-unsaturated/α-hetero) is 1. The van der Waals surface area contributed by atoms with Crippen LogP contribution in [0.1, 0.15) is 79.1 Å². The molecule has 0 spiro atoms. The second-order valence-electron chi connectivity index (χ2n) is 6.45. The number of ether oxygens (including phenoxy) is 2. The zero-order chi connectivity index (χ0) is 17.1. The van der Waals surface area contributed by atoms with Crippen LogP contribution in [0.2, 0.25) is 0 Å². The minimum absolute atomic E-state index is 0.00708. The molecule has 3 nitrogen and oxygen atoms in total. The van der Waals surface area contributed by atoms with Gasteiger partial charge < -0.3 is 9.47 Å². The first-order chi connectivity index (χ1) is 11.0. The monoisotopic (exact) mass is 318 g/mol. The minimum Gasteiger partial charge on any atom is -0.345 e. The molecule has 2 atom stereocenters. The van der Waals surface area contributed by atoms with Crippen LogP contribution in [-0.2, 0) is 14.3 Å². The highest BCUT2D eigenvalue weighted by Crippen LogP contribution is 2.32. The minimum atomic E-state index is -0.537. The van der Waals surface area contributed by atoms with Crippen LogP contribution >= 0.6 is 0 Å². The van der Waals surface area contributed by atoms with Gasteiger partial charge >= 0.3 is 0 Å². The lowest BCUT2D eigenvalue weighted by Gasteiger charge is -2.16. The summed E-state index contributed by atoms with van der Waals surface area (Å²) in [6.07, 6.45) is 8.40. The zero-order valence-electron chi connectivity index (χ0n) is 15.0. The highest BCUT2D eigenvalue weighted by Gasteiger charge is 2.40. The van der Waals surface area contributed by atoms with Crippen molar-refractivity contribution in [3.63, 3.8) is 0 Å². The number of ketones is 1. The first-order valence-corrected chi connectivity index (χ1v) is 8.85. The maximum Gasteiger partial charge on any atom is 0.206 e. The summed E-state index contributed by atoms with van der Waals surface area (Å²) in [5.41, 5.74) is 0. The van der Waals surface area contributed by atoms with Gasteiger partial charge in [0.25, 0.3) is 0 Å². The van der Waals surface area contributed by atoms with E-state index in [0.717, 1.165) is 6.42 Å². The molecule has 0 unspecified atom stereocenters. The summed E-state index contributed by atoms with van der Waals surface area (Å²) in [6, 6.07) is 0. The second-order valence-corrected chi connectivity index (χ2v) is 6.45. The Morgan fingerprint density at radius 3 is 2.39 bits per heavy atom. The van der Waals surface area contributed by atoms with Crippen LogP contribution < -0.4 is 0 Å². The molecular formula is C20H30O3. The number of hydrogen-bond donors (Lipinski definition) is 0. The summed E-state index contributed by atoms with van der Waals surface area (Å²) < 4.78 is 11.9. The summed E-state index contributed by atoms with van der Waals surface area (Å²) in [7, 11) is 0. The number of hydrogen-bond acceptors (Lipinski definition) is 3. The van der Waals surface area contributed by atoms with E-state index < -0.39 is 5.79 Å². The van der Waals surface area contributed by atoms with Gasteiger partial charge in [-0.1, -0.05) is 51.9 Å². The fourth-order valence-corrected chi connectivity index (χ4v) is 2.66. The Kier molecular flexibility index (Phi) is 9.00. The van der Waals surface area contributed by atoms with Crippen molar-refractivity contribution in [2.75, 3.05) is 0 Å². The van der Waals surface area contributed by atoms with E-state index in [0.29, 0.717) is 12.8 Å². The number of carbonyl (C=O) groups excluding carboxylic acids is 1. The fraction of sp³-hybridized carbons (Fsp3) is 0.750. The van der Waals surface area contributed by atoms with Gasteiger partial charge in [0.15, 0.2) is 5.79 Å². The maximum absolute atomic E-state index is 11.1. The summed E-state index contributed by atoms with van der Waals surface area (Å²) in [5, 5.41) is 0. The average molecular weight is 318 g/mol. The molecule has 0 aromatic rings. The predicted molar refractivity (Wildman–Crippen MR) is 92.7 cm³/mol. The molecule has 3 heteroatoms. The molecular weight excluding hydrogens is 288 g/mol. The van der Waals surface area contributed by atoms with Crippen molar-refractivity contribution < 1.29 is 14.3 Å². The van der Waals surface area contributed by atoms with Gasteiger partial charge in [-0.3, -0.25) is 4.79 Å². The Morgan fingerprint density at radius 2 is 1.70 bits per heavy atom. The van der Waals surface area contributed by atoms with Gasteiger partial charge in [-0.05, 0) is 38.0 Å². The number of unbranched alkanes of at least 4 members (excludes halogenated alkanes) is 4. The van der Waals surface area contributed by atoms with Crippen molar-refractivity contribution in [3.8, 4) is 23.7 Å². The standard InChI is InChI=1S/C20H30O3/c1-5-7-8-9-12-15-18-19(23-20(3,4)22-18)16-13-10-11-14-17(21)6-2/h18-19H,5-9,12,15-16H2,1-4H3/t18-,19-/m0/s1. The molecule has 0 saturated carbocycles. The molecule has 0 bridgehead atoms. The van der Waals surface area contributed by atoms with E-state index in [4.69, 9.17) is 9.47 Å². The van der Waals surface area contributed by atoms with Crippen LogP contribution in [0.15, 0.2) is 0 Å².